The quantitative estimate of drug-likeness (QED) is 0.604. The highest BCUT2D eigenvalue weighted by Gasteiger charge is 2.03. The van der Waals surface area contributed by atoms with Crippen LogP contribution in [0.4, 0.5) is 0 Å². The monoisotopic (exact) mass is 150 g/mol. The fraction of sp³-hybridized carbons (Fsp3) is 0.143. The van der Waals surface area contributed by atoms with Gasteiger partial charge in [0, 0.05) is 6.20 Å². The second-order valence-corrected chi connectivity index (χ2v) is 2.31. The van der Waals surface area contributed by atoms with Crippen LogP contribution in [0.2, 0.25) is 0 Å². The van der Waals surface area contributed by atoms with Gasteiger partial charge in [-0.2, -0.15) is 0 Å². The van der Waals surface area contributed by atoms with Crippen molar-refractivity contribution < 1.29 is 4.42 Å². The molecule has 2 aromatic heterocycles. The van der Waals surface area contributed by atoms with Crippen molar-refractivity contribution in [1.82, 2.24) is 9.97 Å². The maximum absolute atomic E-state index is 11.0. The number of pyridine rings is 1. The first-order valence-corrected chi connectivity index (χ1v) is 3.20. The van der Waals surface area contributed by atoms with E-state index in [0.717, 1.165) is 0 Å². The number of aryl methyl sites for hydroxylation is 1. The van der Waals surface area contributed by atoms with Crippen LogP contribution < -0.4 is 5.56 Å². The molecule has 2 aromatic rings. The second kappa shape index (κ2) is 1.95. The molecule has 2 heterocycles. The molecule has 56 valence electrons. The number of hydrogen-bond donors (Lipinski definition) is 1. The highest BCUT2D eigenvalue weighted by Crippen LogP contribution is 2.10. The fourth-order valence-electron chi connectivity index (χ4n) is 0.983. The average Bonchev–Trinajstić information content (AvgIpc) is 2.45. The Hall–Kier alpha value is -1.58. The first kappa shape index (κ1) is 6.15. The summed E-state index contributed by atoms with van der Waals surface area (Å²) in [6, 6.07) is 0. The van der Waals surface area contributed by atoms with Crippen molar-refractivity contribution >= 4 is 11.1 Å². The maximum atomic E-state index is 11.0. The second-order valence-electron chi connectivity index (χ2n) is 2.31. The molecule has 0 fully saturated rings. The van der Waals surface area contributed by atoms with E-state index in [9.17, 15) is 4.79 Å². The number of rotatable bonds is 0. The first-order chi connectivity index (χ1) is 5.29. The Morgan fingerprint density at radius 3 is 3.27 bits per heavy atom. The Balaban J connectivity index is 3.04. The van der Waals surface area contributed by atoms with E-state index in [-0.39, 0.29) is 5.56 Å². The zero-order valence-electron chi connectivity index (χ0n) is 5.92. The molecule has 4 heteroatoms. The molecular formula is C7H6N2O2. The van der Waals surface area contributed by atoms with Gasteiger partial charge in [0.15, 0.2) is 12.0 Å². The predicted molar refractivity (Wildman–Crippen MR) is 39.4 cm³/mol. The number of aromatic amines is 1. The van der Waals surface area contributed by atoms with Crippen LogP contribution in [0.1, 0.15) is 5.56 Å². The molecule has 1 N–H and O–H groups in total. The summed E-state index contributed by atoms with van der Waals surface area (Å²) in [5.74, 6) is 0. The summed E-state index contributed by atoms with van der Waals surface area (Å²) in [5, 5.41) is 0. The summed E-state index contributed by atoms with van der Waals surface area (Å²) in [7, 11) is 0. The van der Waals surface area contributed by atoms with Gasteiger partial charge in [0.05, 0.1) is 5.56 Å². The summed E-state index contributed by atoms with van der Waals surface area (Å²) in [6.07, 6.45) is 2.86. The van der Waals surface area contributed by atoms with Crippen LogP contribution in [0.3, 0.4) is 0 Å². The number of nitrogens with zero attached hydrogens (tertiary/aromatic N) is 1. The van der Waals surface area contributed by atoms with Gasteiger partial charge in [0.2, 0.25) is 0 Å². The zero-order valence-corrected chi connectivity index (χ0v) is 5.92. The third-order valence-electron chi connectivity index (χ3n) is 1.62. The molecular weight excluding hydrogens is 144 g/mol. The molecule has 0 aromatic carbocycles. The lowest BCUT2D eigenvalue weighted by Crippen LogP contribution is -2.07. The van der Waals surface area contributed by atoms with Gasteiger partial charge in [0.25, 0.3) is 5.56 Å². The molecule has 0 aliphatic carbocycles. The van der Waals surface area contributed by atoms with Crippen LogP contribution in [0.25, 0.3) is 11.1 Å². The minimum Gasteiger partial charge on any atom is -0.443 e. The lowest BCUT2D eigenvalue weighted by atomic mass is 10.3. The van der Waals surface area contributed by atoms with E-state index in [0.29, 0.717) is 16.7 Å². The van der Waals surface area contributed by atoms with E-state index in [1.165, 1.54) is 12.6 Å². The minimum absolute atomic E-state index is 0.130. The van der Waals surface area contributed by atoms with Crippen molar-refractivity contribution in [2.75, 3.05) is 0 Å². The summed E-state index contributed by atoms with van der Waals surface area (Å²) >= 11 is 0. The average molecular weight is 150 g/mol. The summed E-state index contributed by atoms with van der Waals surface area (Å²) in [6.45, 7) is 1.70. The van der Waals surface area contributed by atoms with Crippen LogP contribution in [-0.4, -0.2) is 9.97 Å². The number of oxazole rings is 1. The smallest absolute Gasteiger partial charge is 0.254 e. The van der Waals surface area contributed by atoms with E-state index in [2.05, 4.69) is 9.97 Å². The molecule has 2 rings (SSSR count). The van der Waals surface area contributed by atoms with Crippen molar-refractivity contribution in [2.45, 2.75) is 6.92 Å². The summed E-state index contributed by atoms with van der Waals surface area (Å²) < 4.78 is 5.00. The summed E-state index contributed by atoms with van der Waals surface area (Å²) in [5.41, 5.74) is 1.69. The van der Waals surface area contributed by atoms with Crippen molar-refractivity contribution in [3.63, 3.8) is 0 Å². The SMILES string of the molecule is Cc1c(=O)[nH]cc2ncoc12. The Morgan fingerprint density at radius 2 is 2.45 bits per heavy atom. The molecule has 0 saturated heterocycles. The van der Waals surface area contributed by atoms with Gasteiger partial charge >= 0.3 is 0 Å². The molecule has 11 heavy (non-hydrogen) atoms. The van der Waals surface area contributed by atoms with Crippen molar-refractivity contribution in [3.05, 3.63) is 28.5 Å². The molecule has 0 radical (unpaired) electrons. The Bertz CT molecular complexity index is 441. The van der Waals surface area contributed by atoms with Gasteiger partial charge in [-0.1, -0.05) is 0 Å². The van der Waals surface area contributed by atoms with Gasteiger partial charge in [-0.05, 0) is 6.92 Å². The van der Waals surface area contributed by atoms with E-state index in [4.69, 9.17) is 4.42 Å². The first-order valence-electron chi connectivity index (χ1n) is 3.20. The highest BCUT2D eigenvalue weighted by molar-refractivity contribution is 5.73. The topological polar surface area (TPSA) is 58.9 Å². The number of hydrogen-bond acceptors (Lipinski definition) is 3. The number of fused-ring (bicyclic) bond motifs is 1. The normalized spacial score (nSPS) is 10.6. The lowest BCUT2D eigenvalue weighted by molar-refractivity contribution is 0.599. The van der Waals surface area contributed by atoms with E-state index in [1.807, 2.05) is 0 Å². The van der Waals surface area contributed by atoms with Crippen molar-refractivity contribution in [1.29, 1.82) is 0 Å². The van der Waals surface area contributed by atoms with Gasteiger partial charge in [-0.25, -0.2) is 4.98 Å². The van der Waals surface area contributed by atoms with E-state index < -0.39 is 0 Å². The van der Waals surface area contributed by atoms with Crippen LogP contribution >= 0.6 is 0 Å². The van der Waals surface area contributed by atoms with Crippen LogP contribution in [0, 0.1) is 6.92 Å². The zero-order chi connectivity index (χ0) is 7.84. The third-order valence-corrected chi connectivity index (χ3v) is 1.62. The van der Waals surface area contributed by atoms with Crippen LogP contribution in [-0.2, 0) is 0 Å². The Labute approximate surface area is 61.9 Å². The number of nitrogens with one attached hydrogen (secondary N) is 1. The van der Waals surface area contributed by atoms with Crippen molar-refractivity contribution in [2.24, 2.45) is 0 Å². The molecule has 0 aliphatic heterocycles. The van der Waals surface area contributed by atoms with Gasteiger partial charge in [0.1, 0.15) is 5.52 Å². The van der Waals surface area contributed by atoms with E-state index >= 15 is 0 Å². The Kier molecular flexibility index (Phi) is 1.09. The number of H-pyrrole nitrogens is 1. The number of aromatic nitrogens is 2. The highest BCUT2D eigenvalue weighted by atomic mass is 16.3. The van der Waals surface area contributed by atoms with Crippen LogP contribution in [0.5, 0.6) is 0 Å². The molecule has 0 amide bonds. The maximum Gasteiger partial charge on any atom is 0.254 e. The molecule has 0 bridgehead atoms. The molecule has 0 aliphatic rings. The molecule has 0 unspecified atom stereocenters. The van der Waals surface area contributed by atoms with E-state index in [1.54, 1.807) is 6.92 Å². The Morgan fingerprint density at radius 1 is 1.64 bits per heavy atom. The standard InChI is InChI=1S/C7H6N2O2/c1-4-6-5(9-3-11-6)2-8-7(4)10/h2-3H,1H3,(H,8,10). The largest absolute Gasteiger partial charge is 0.443 e. The third kappa shape index (κ3) is 0.756. The minimum atomic E-state index is -0.130. The molecule has 0 saturated carbocycles. The van der Waals surface area contributed by atoms with Gasteiger partial charge in [-0.3, -0.25) is 4.79 Å². The molecule has 0 spiro atoms. The fourth-order valence-corrected chi connectivity index (χ4v) is 0.983. The van der Waals surface area contributed by atoms with Crippen LogP contribution in [0.15, 0.2) is 21.8 Å². The van der Waals surface area contributed by atoms with Gasteiger partial charge in [-0.15, -0.1) is 0 Å². The lowest BCUT2D eigenvalue weighted by Gasteiger charge is -1.89. The molecule has 0 atom stereocenters. The van der Waals surface area contributed by atoms with Crippen molar-refractivity contribution in [3.8, 4) is 0 Å². The predicted octanol–water partition coefficient (Wildman–Crippen LogP) is 0.825. The molecule has 4 nitrogen and oxygen atoms in total. The van der Waals surface area contributed by atoms with Gasteiger partial charge < -0.3 is 9.40 Å². The summed E-state index contributed by atoms with van der Waals surface area (Å²) in [4.78, 5) is 17.4.